The Balaban J connectivity index is 2.83. The molecule has 0 aromatic heterocycles. The van der Waals surface area contributed by atoms with Gasteiger partial charge in [0.1, 0.15) is 6.61 Å². The van der Waals surface area contributed by atoms with Gasteiger partial charge in [-0.05, 0) is 6.92 Å². The summed E-state index contributed by atoms with van der Waals surface area (Å²) in [7, 11) is 0. The van der Waals surface area contributed by atoms with Gasteiger partial charge in [-0.25, -0.2) is 4.89 Å². The molecule has 0 bridgehead atoms. The lowest BCUT2D eigenvalue weighted by atomic mass is 10.4. The van der Waals surface area contributed by atoms with Gasteiger partial charge in [0, 0.05) is 0 Å². The Labute approximate surface area is 37.0 Å². The van der Waals surface area contributed by atoms with Crippen molar-refractivity contribution >= 4 is 0 Å². The lowest BCUT2D eigenvalue weighted by Gasteiger charge is -1.87. The van der Waals surface area contributed by atoms with E-state index in [0.717, 1.165) is 5.57 Å². The molecule has 0 radical (unpaired) electrons. The fourth-order valence-corrected chi connectivity index (χ4v) is 0.110. The standard InChI is InChI=1S/C4H8O2/c1-4(2)3-6-5/h5H,1,3H2,2H3. The van der Waals surface area contributed by atoms with Crippen LogP contribution >= 0.6 is 0 Å². The molecule has 0 saturated carbocycles. The lowest BCUT2D eigenvalue weighted by molar-refractivity contribution is -0.233. The van der Waals surface area contributed by atoms with E-state index in [-0.39, 0.29) is 6.61 Å². The molecule has 0 spiro atoms. The van der Waals surface area contributed by atoms with Gasteiger partial charge in [-0.2, -0.15) is 0 Å². The van der Waals surface area contributed by atoms with Crippen LogP contribution in [0.2, 0.25) is 0 Å². The third-order valence-electron chi connectivity index (χ3n) is 0.311. The summed E-state index contributed by atoms with van der Waals surface area (Å²) in [6, 6.07) is 0. The zero-order valence-electron chi connectivity index (χ0n) is 3.77. The van der Waals surface area contributed by atoms with Crippen molar-refractivity contribution in [1.29, 1.82) is 0 Å². The molecule has 0 rings (SSSR count). The Hall–Kier alpha value is -0.340. The fourth-order valence-electron chi connectivity index (χ4n) is 0.110. The smallest absolute Gasteiger partial charge is 0.102 e. The summed E-state index contributed by atoms with van der Waals surface area (Å²) in [4.78, 5) is 3.70. The molecule has 0 aliphatic heterocycles. The van der Waals surface area contributed by atoms with Crippen molar-refractivity contribution in [2.24, 2.45) is 0 Å². The summed E-state index contributed by atoms with van der Waals surface area (Å²) in [6.07, 6.45) is 0. The molecule has 0 aromatic carbocycles. The van der Waals surface area contributed by atoms with E-state index >= 15 is 0 Å². The van der Waals surface area contributed by atoms with Crippen molar-refractivity contribution in [2.75, 3.05) is 6.61 Å². The maximum Gasteiger partial charge on any atom is 0.102 e. The van der Waals surface area contributed by atoms with E-state index < -0.39 is 0 Å². The topological polar surface area (TPSA) is 29.5 Å². The van der Waals surface area contributed by atoms with Gasteiger partial charge >= 0.3 is 0 Å². The van der Waals surface area contributed by atoms with Crippen molar-refractivity contribution in [3.05, 3.63) is 12.2 Å². The molecule has 2 nitrogen and oxygen atoms in total. The van der Waals surface area contributed by atoms with E-state index in [9.17, 15) is 0 Å². The molecule has 0 aliphatic rings. The molecule has 0 aromatic rings. The van der Waals surface area contributed by atoms with Crippen molar-refractivity contribution < 1.29 is 10.1 Å². The predicted octanol–water partition coefficient (Wildman–Crippen LogP) is 1.05. The van der Waals surface area contributed by atoms with Crippen LogP contribution in [0.1, 0.15) is 6.92 Å². The second-order valence-electron chi connectivity index (χ2n) is 1.23. The van der Waals surface area contributed by atoms with Gasteiger partial charge in [0.2, 0.25) is 0 Å². The number of hydrogen-bond acceptors (Lipinski definition) is 2. The molecule has 0 heterocycles. The first-order valence-corrected chi connectivity index (χ1v) is 1.68. The molecular formula is C4H8O2. The van der Waals surface area contributed by atoms with Gasteiger partial charge in [0.25, 0.3) is 0 Å². The summed E-state index contributed by atoms with van der Waals surface area (Å²) in [6.45, 7) is 5.47. The molecule has 0 saturated heterocycles. The first-order chi connectivity index (χ1) is 2.77. The van der Waals surface area contributed by atoms with Crippen molar-refractivity contribution in [3.63, 3.8) is 0 Å². The third-order valence-corrected chi connectivity index (χ3v) is 0.311. The third kappa shape index (κ3) is 3.66. The minimum atomic E-state index is 0.236. The van der Waals surface area contributed by atoms with Crippen molar-refractivity contribution in [3.8, 4) is 0 Å². The highest BCUT2D eigenvalue weighted by molar-refractivity contribution is 4.86. The van der Waals surface area contributed by atoms with Crippen LogP contribution < -0.4 is 0 Å². The summed E-state index contributed by atoms with van der Waals surface area (Å²) in [5.41, 5.74) is 0.817. The monoisotopic (exact) mass is 88.1 g/mol. The van der Waals surface area contributed by atoms with Gasteiger partial charge in [-0.3, -0.25) is 5.26 Å². The normalized spacial score (nSPS) is 8.33. The van der Waals surface area contributed by atoms with Crippen LogP contribution in [-0.2, 0) is 4.89 Å². The van der Waals surface area contributed by atoms with Gasteiger partial charge in [0.15, 0.2) is 0 Å². The maximum absolute atomic E-state index is 7.68. The molecule has 0 aliphatic carbocycles. The molecule has 0 amide bonds. The highest BCUT2D eigenvalue weighted by Crippen LogP contribution is 1.82. The van der Waals surface area contributed by atoms with Gasteiger partial charge in [-0.1, -0.05) is 12.2 Å². The minimum Gasteiger partial charge on any atom is -0.251 e. The molecule has 36 valence electrons. The lowest BCUT2D eigenvalue weighted by Crippen LogP contribution is -1.86. The second-order valence-corrected chi connectivity index (χ2v) is 1.23. The quantitative estimate of drug-likeness (QED) is 0.310. The Morgan fingerprint density at radius 1 is 2.00 bits per heavy atom. The SMILES string of the molecule is C=C(C)COO. The first-order valence-electron chi connectivity index (χ1n) is 1.68. The van der Waals surface area contributed by atoms with E-state index in [0.29, 0.717) is 0 Å². The second kappa shape index (κ2) is 2.87. The van der Waals surface area contributed by atoms with Crippen molar-refractivity contribution in [1.82, 2.24) is 0 Å². The van der Waals surface area contributed by atoms with Crippen LogP contribution in [-0.4, -0.2) is 11.9 Å². The van der Waals surface area contributed by atoms with E-state index in [1.165, 1.54) is 0 Å². The molecule has 6 heavy (non-hydrogen) atoms. The average Bonchev–Trinajstić information content (AvgIpc) is 1.35. The Morgan fingerprint density at radius 3 is 2.50 bits per heavy atom. The summed E-state index contributed by atoms with van der Waals surface area (Å²) in [5.74, 6) is 0. The summed E-state index contributed by atoms with van der Waals surface area (Å²) < 4.78 is 0. The summed E-state index contributed by atoms with van der Waals surface area (Å²) >= 11 is 0. The molecule has 2 heteroatoms. The van der Waals surface area contributed by atoms with E-state index in [2.05, 4.69) is 11.5 Å². The average molecular weight is 88.1 g/mol. The van der Waals surface area contributed by atoms with E-state index in [1.807, 2.05) is 0 Å². The zero-order chi connectivity index (χ0) is 4.99. The fraction of sp³-hybridized carbons (Fsp3) is 0.500. The highest BCUT2D eigenvalue weighted by Gasteiger charge is 1.77. The first kappa shape index (κ1) is 5.66. The van der Waals surface area contributed by atoms with Crippen LogP contribution in [0.3, 0.4) is 0 Å². The van der Waals surface area contributed by atoms with Gasteiger partial charge in [0.05, 0.1) is 0 Å². The summed E-state index contributed by atoms with van der Waals surface area (Å²) in [5, 5.41) is 7.68. The Morgan fingerprint density at radius 2 is 2.50 bits per heavy atom. The molecule has 0 atom stereocenters. The van der Waals surface area contributed by atoms with Crippen molar-refractivity contribution in [2.45, 2.75) is 6.92 Å². The molecular weight excluding hydrogens is 80.0 g/mol. The maximum atomic E-state index is 7.68. The Kier molecular flexibility index (Phi) is 2.71. The van der Waals surface area contributed by atoms with Gasteiger partial charge < -0.3 is 0 Å². The Bertz CT molecular complexity index is 49.5. The predicted molar refractivity (Wildman–Crippen MR) is 23.4 cm³/mol. The molecule has 1 N–H and O–H groups in total. The van der Waals surface area contributed by atoms with Crippen LogP contribution in [0, 0.1) is 0 Å². The van der Waals surface area contributed by atoms with E-state index in [4.69, 9.17) is 5.26 Å². The zero-order valence-corrected chi connectivity index (χ0v) is 3.77. The van der Waals surface area contributed by atoms with E-state index in [1.54, 1.807) is 6.92 Å². The van der Waals surface area contributed by atoms with Crippen LogP contribution in [0.15, 0.2) is 12.2 Å². The largest absolute Gasteiger partial charge is 0.251 e. The van der Waals surface area contributed by atoms with Gasteiger partial charge in [-0.15, -0.1) is 0 Å². The molecule has 0 fully saturated rings. The number of hydrogen-bond donors (Lipinski definition) is 1. The van der Waals surface area contributed by atoms with Crippen LogP contribution in [0.4, 0.5) is 0 Å². The molecule has 0 unspecified atom stereocenters. The van der Waals surface area contributed by atoms with Crippen LogP contribution in [0.5, 0.6) is 0 Å². The highest BCUT2D eigenvalue weighted by atomic mass is 17.1. The minimum absolute atomic E-state index is 0.236. The number of rotatable bonds is 2. The van der Waals surface area contributed by atoms with Crippen LogP contribution in [0.25, 0.3) is 0 Å².